The van der Waals surface area contributed by atoms with Crippen molar-refractivity contribution in [2.75, 3.05) is 0 Å². The van der Waals surface area contributed by atoms with E-state index < -0.39 is 59.1 Å². The maximum atomic E-state index is 13.5. The average Bonchev–Trinajstić information content (AvgIpc) is 3.46. The quantitative estimate of drug-likeness (QED) is 0.296. The van der Waals surface area contributed by atoms with Gasteiger partial charge in [0.25, 0.3) is 0 Å². The standard InChI is InChI=1S/C26H16F12N2/c27-23(28,29)19-3-1-17(21(9-19)25(33,34)35)13-39-7-5-15(11-39)16-6-8-40(12-16)14-18-2-4-20(24(30,31)32)10-22(18)26(36,37)38/h1-12H,13-14H2/p+1. The highest BCUT2D eigenvalue weighted by Gasteiger charge is 2.40. The Hall–Kier alpha value is -3.68. The Bertz CT molecular complexity index is 1450. The molecule has 4 rings (SSSR count). The number of alkyl halides is 12. The predicted molar refractivity (Wildman–Crippen MR) is 118 cm³/mol. The van der Waals surface area contributed by atoms with E-state index in [1.165, 1.54) is 41.5 Å². The van der Waals surface area contributed by atoms with E-state index in [0.29, 0.717) is 28.2 Å². The van der Waals surface area contributed by atoms with E-state index in [2.05, 4.69) is 0 Å². The molecule has 214 valence electrons. The number of halogens is 12. The van der Waals surface area contributed by atoms with Gasteiger partial charge >= 0.3 is 24.7 Å². The van der Waals surface area contributed by atoms with Gasteiger partial charge in [-0.1, -0.05) is 12.1 Å². The van der Waals surface area contributed by atoms with Crippen molar-refractivity contribution in [2.45, 2.75) is 37.8 Å². The van der Waals surface area contributed by atoms with Gasteiger partial charge in [-0.3, -0.25) is 4.90 Å². The van der Waals surface area contributed by atoms with Gasteiger partial charge in [-0.05, 0) is 35.9 Å². The molecule has 0 amide bonds. The number of allylic oxidation sites excluding steroid dienone is 2. The summed E-state index contributed by atoms with van der Waals surface area (Å²) >= 11 is 0. The minimum Gasteiger partial charge on any atom is -0.349 e. The van der Waals surface area contributed by atoms with E-state index >= 15 is 0 Å². The van der Waals surface area contributed by atoms with Gasteiger partial charge in [0, 0.05) is 41.7 Å². The molecular weight excluding hydrogens is 568 g/mol. The maximum Gasteiger partial charge on any atom is 0.416 e. The second kappa shape index (κ2) is 10.1. The fraction of sp³-hybridized carbons (Fsp3) is 0.231. The number of aromatic nitrogens is 1. The first kappa shape index (κ1) is 29.3. The van der Waals surface area contributed by atoms with Crippen LogP contribution in [0.3, 0.4) is 0 Å². The summed E-state index contributed by atoms with van der Waals surface area (Å²) in [5.74, 6) is 0. The highest BCUT2D eigenvalue weighted by atomic mass is 19.4. The summed E-state index contributed by atoms with van der Waals surface area (Å²) < 4.78 is 160. The molecule has 0 fully saturated rings. The molecular formula is C26H17F12N2+. The van der Waals surface area contributed by atoms with Gasteiger partial charge in [0.15, 0.2) is 0 Å². The molecule has 0 saturated carbocycles. The fourth-order valence-electron chi connectivity index (χ4n) is 4.23. The van der Waals surface area contributed by atoms with Crippen LogP contribution >= 0.6 is 0 Å². The zero-order chi connectivity index (χ0) is 29.7. The van der Waals surface area contributed by atoms with E-state index in [4.69, 9.17) is 0 Å². The number of nitrogens with zero attached hydrogens (tertiary/aromatic N) is 1. The summed E-state index contributed by atoms with van der Waals surface area (Å²) in [5, 5.41) is 0. The number of nitrogens with one attached hydrogen (secondary N) is 1. The molecule has 3 aromatic rings. The van der Waals surface area contributed by atoms with Crippen LogP contribution in [0, 0.1) is 0 Å². The molecule has 1 aliphatic heterocycles. The van der Waals surface area contributed by atoms with Crippen LogP contribution in [0.25, 0.3) is 5.57 Å². The van der Waals surface area contributed by atoms with Crippen molar-refractivity contribution < 1.29 is 57.6 Å². The number of quaternary nitrogens is 1. The summed E-state index contributed by atoms with van der Waals surface area (Å²) in [4.78, 5) is 0.343. The molecule has 1 unspecified atom stereocenters. The second-order valence-corrected chi connectivity index (χ2v) is 8.99. The van der Waals surface area contributed by atoms with Crippen molar-refractivity contribution in [1.29, 1.82) is 0 Å². The van der Waals surface area contributed by atoms with Crippen LogP contribution in [-0.4, -0.2) is 4.57 Å². The smallest absolute Gasteiger partial charge is 0.349 e. The molecule has 1 atom stereocenters. The largest absolute Gasteiger partial charge is 0.416 e. The first-order valence-corrected chi connectivity index (χ1v) is 11.3. The Morgan fingerprint density at radius 3 is 1.68 bits per heavy atom. The van der Waals surface area contributed by atoms with E-state index in [9.17, 15) is 52.7 Å². The summed E-state index contributed by atoms with van der Waals surface area (Å²) in [6.45, 7) is -0.755. The fourth-order valence-corrected chi connectivity index (χ4v) is 4.23. The lowest BCUT2D eigenvalue weighted by Gasteiger charge is -2.17. The van der Waals surface area contributed by atoms with Gasteiger partial charge in [0.05, 0.1) is 28.5 Å². The molecule has 1 N–H and O–H groups in total. The van der Waals surface area contributed by atoms with Gasteiger partial charge in [0.2, 0.25) is 0 Å². The van der Waals surface area contributed by atoms with E-state index in [0.717, 1.165) is 12.1 Å². The van der Waals surface area contributed by atoms with Crippen LogP contribution in [0.2, 0.25) is 0 Å². The van der Waals surface area contributed by atoms with Gasteiger partial charge in [-0.25, -0.2) is 0 Å². The molecule has 2 nitrogen and oxygen atoms in total. The van der Waals surface area contributed by atoms with Crippen LogP contribution < -0.4 is 4.90 Å². The zero-order valence-corrected chi connectivity index (χ0v) is 19.8. The van der Waals surface area contributed by atoms with Crippen LogP contribution in [0.5, 0.6) is 0 Å². The van der Waals surface area contributed by atoms with Gasteiger partial charge in [-0.15, -0.1) is 0 Å². The van der Waals surface area contributed by atoms with E-state index in [1.54, 1.807) is 0 Å². The Balaban J connectivity index is 1.54. The summed E-state index contributed by atoms with van der Waals surface area (Å²) in [5.41, 5.74) is -5.60. The molecule has 0 radical (unpaired) electrons. The third-order valence-corrected chi connectivity index (χ3v) is 6.13. The van der Waals surface area contributed by atoms with Crippen molar-refractivity contribution in [3.8, 4) is 0 Å². The lowest BCUT2D eigenvalue weighted by Crippen LogP contribution is -3.00. The second-order valence-electron chi connectivity index (χ2n) is 8.99. The van der Waals surface area contributed by atoms with Crippen LogP contribution in [0.1, 0.15) is 38.9 Å². The number of hydrogen-bond acceptors (Lipinski definition) is 0. The average molecular weight is 585 g/mol. The molecule has 0 saturated heterocycles. The molecule has 0 bridgehead atoms. The summed E-state index contributed by atoms with van der Waals surface area (Å²) in [6, 6.07) is 4.20. The molecule has 0 spiro atoms. The first-order chi connectivity index (χ1) is 18.3. The van der Waals surface area contributed by atoms with Crippen molar-refractivity contribution in [1.82, 2.24) is 4.57 Å². The molecule has 2 heterocycles. The summed E-state index contributed by atoms with van der Waals surface area (Å²) in [7, 11) is 0. The highest BCUT2D eigenvalue weighted by molar-refractivity contribution is 5.73. The van der Waals surface area contributed by atoms with E-state index in [1.807, 2.05) is 0 Å². The number of benzene rings is 2. The van der Waals surface area contributed by atoms with Crippen molar-refractivity contribution >= 4 is 5.57 Å². The summed E-state index contributed by atoms with van der Waals surface area (Å²) in [6.07, 6.45) is -12.7. The van der Waals surface area contributed by atoms with Crippen molar-refractivity contribution in [3.63, 3.8) is 0 Å². The predicted octanol–water partition coefficient (Wildman–Crippen LogP) is 7.56. The Kier molecular flexibility index (Phi) is 7.37. The van der Waals surface area contributed by atoms with Crippen molar-refractivity contribution in [3.05, 3.63) is 112 Å². The lowest BCUT2D eigenvalue weighted by atomic mass is 10.0. The Morgan fingerprint density at radius 1 is 0.625 bits per heavy atom. The monoisotopic (exact) mass is 585 g/mol. The van der Waals surface area contributed by atoms with E-state index in [-0.39, 0.29) is 24.2 Å². The SMILES string of the molecule is FC(F)(F)c1ccc(Cn2ccc(C3=C[NH+](Cc4ccc(C(F)(F)F)cc4C(F)(F)F)C=C3)c2)c(C(F)(F)F)c1. The molecule has 2 aromatic carbocycles. The molecule has 40 heavy (non-hydrogen) atoms. The third kappa shape index (κ3) is 6.54. The molecule has 1 aromatic heterocycles. The van der Waals surface area contributed by atoms with Crippen LogP contribution in [0.15, 0.2) is 73.3 Å². The topological polar surface area (TPSA) is 9.37 Å². The van der Waals surface area contributed by atoms with Crippen LogP contribution in [0.4, 0.5) is 52.7 Å². The van der Waals surface area contributed by atoms with Crippen LogP contribution in [-0.2, 0) is 37.8 Å². The zero-order valence-electron chi connectivity index (χ0n) is 19.8. The Labute approximate surface area is 218 Å². The lowest BCUT2D eigenvalue weighted by molar-refractivity contribution is -0.802. The minimum absolute atomic E-state index is 0.0413. The third-order valence-electron chi connectivity index (χ3n) is 6.13. The van der Waals surface area contributed by atoms with Gasteiger partial charge in [0.1, 0.15) is 12.7 Å². The number of rotatable bonds is 5. The number of hydrogen-bond donors (Lipinski definition) is 1. The minimum atomic E-state index is -5.04. The van der Waals surface area contributed by atoms with Gasteiger partial charge < -0.3 is 4.57 Å². The first-order valence-electron chi connectivity index (χ1n) is 11.3. The maximum absolute atomic E-state index is 13.5. The Morgan fingerprint density at radius 2 is 1.15 bits per heavy atom. The van der Waals surface area contributed by atoms with Gasteiger partial charge in [-0.2, -0.15) is 52.7 Å². The normalized spacial score (nSPS) is 16.5. The van der Waals surface area contributed by atoms with Crippen molar-refractivity contribution in [2.24, 2.45) is 0 Å². The molecule has 14 heteroatoms. The highest BCUT2D eigenvalue weighted by Crippen LogP contribution is 2.39. The molecule has 1 aliphatic rings. The molecule has 0 aliphatic carbocycles.